The number of hydrogen-bond acceptors (Lipinski definition) is 0. The fourth-order valence-corrected chi connectivity index (χ4v) is 4.12. The molecule has 19 heavy (non-hydrogen) atoms. The molecule has 98 valence electrons. The van der Waals surface area contributed by atoms with E-state index in [4.69, 9.17) is 0 Å². The first-order valence-corrected chi connectivity index (χ1v) is 8.10. The van der Waals surface area contributed by atoms with Crippen LogP contribution in [-0.4, -0.2) is 4.20 Å². The predicted octanol–water partition coefficient (Wildman–Crippen LogP) is 4.95. The van der Waals surface area contributed by atoms with Crippen molar-refractivity contribution in [2.24, 2.45) is 0 Å². The van der Waals surface area contributed by atoms with Gasteiger partial charge in [-0.2, -0.15) is 0 Å². The Bertz CT molecular complexity index is 577. The lowest BCUT2D eigenvalue weighted by Crippen LogP contribution is -2.06. The van der Waals surface area contributed by atoms with Crippen LogP contribution in [0.15, 0.2) is 42.5 Å². The van der Waals surface area contributed by atoms with Gasteiger partial charge in [0.25, 0.3) is 0 Å². The van der Waals surface area contributed by atoms with Gasteiger partial charge in [0.15, 0.2) is 0 Å². The van der Waals surface area contributed by atoms with Crippen LogP contribution in [0.2, 0.25) is 0 Å². The van der Waals surface area contributed by atoms with Gasteiger partial charge in [0, 0.05) is 15.9 Å². The number of rotatable bonds is 3. The zero-order chi connectivity index (χ0) is 13.8. The summed E-state index contributed by atoms with van der Waals surface area (Å²) in [4.78, 5) is 0. The van der Waals surface area contributed by atoms with Gasteiger partial charge >= 0.3 is 0 Å². The van der Waals surface area contributed by atoms with Crippen LogP contribution < -0.4 is 5.30 Å². The maximum atomic E-state index is 3.74. The van der Waals surface area contributed by atoms with Crippen LogP contribution in [0.5, 0.6) is 0 Å². The Hall–Kier alpha value is -0.910. The van der Waals surface area contributed by atoms with Crippen molar-refractivity contribution in [2.75, 3.05) is 0 Å². The largest absolute Gasteiger partial charge is 0.0622 e. The molecule has 2 heteroatoms. The first-order valence-electron chi connectivity index (χ1n) is 6.41. The lowest BCUT2D eigenvalue weighted by molar-refractivity contribution is 1.36. The first-order chi connectivity index (χ1) is 9.06. The molecule has 0 fully saturated rings. The van der Waals surface area contributed by atoms with Crippen LogP contribution in [0.3, 0.4) is 0 Å². The van der Waals surface area contributed by atoms with Gasteiger partial charge in [-0.25, -0.2) is 0 Å². The number of halogens is 1. The molecule has 0 atom stereocenters. The Morgan fingerprint density at radius 2 is 1.58 bits per heavy atom. The molecular formula is C17H18BrP. The van der Waals surface area contributed by atoms with Gasteiger partial charge in [-0.05, 0) is 53.4 Å². The summed E-state index contributed by atoms with van der Waals surface area (Å²) in [7, 11) is 1.28. The zero-order valence-electron chi connectivity index (χ0n) is 11.6. The molecule has 0 N–H and O–H groups in total. The Labute approximate surface area is 125 Å². The summed E-state index contributed by atoms with van der Waals surface area (Å²) in [5.74, 6) is 0. The van der Waals surface area contributed by atoms with Crippen molar-refractivity contribution in [2.45, 2.75) is 27.2 Å². The molecule has 0 amide bonds. The maximum Gasteiger partial charge on any atom is 0.0272 e. The maximum absolute atomic E-state index is 3.74. The standard InChI is InChI=1S/C17H18BrP/c1-12-9-13(2)17(14(3)10-12)19-16(18)11-15-7-5-4-6-8-15/h4-10H,11H2,1-3H3. The third kappa shape index (κ3) is 4.03. The molecule has 0 aromatic heterocycles. The van der Waals surface area contributed by atoms with Gasteiger partial charge in [0.2, 0.25) is 0 Å². The highest BCUT2D eigenvalue weighted by Crippen LogP contribution is 2.17. The summed E-state index contributed by atoms with van der Waals surface area (Å²) in [6.45, 7) is 6.56. The van der Waals surface area contributed by atoms with E-state index >= 15 is 0 Å². The zero-order valence-corrected chi connectivity index (χ0v) is 14.1. The summed E-state index contributed by atoms with van der Waals surface area (Å²) in [6, 6.07) is 15.1. The highest BCUT2D eigenvalue weighted by Gasteiger charge is 2.04. The predicted molar refractivity (Wildman–Crippen MR) is 91.3 cm³/mol. The fraction of sp³-hybridized carbons (Fsp3) is 0.235. The highest BCUT2D eigenvalue weighted by molar-refractivity contribution is 9.19. The van der Waals surface area contributed by atoms with E-state index in [0.29, 0.717) is 0 Å². The summed E-state index contributed by atoms with van der Waals surface area (Å²) in [5, 5.41) is 1.42. The Kier molecular flexibility index (Phi) is 4.96. The molecule has 2 aromatic carbocycles. The molecule has 0 aliphatic heterocycles. The van der Waals surface area contributed by atoms with E-state index in [1.807, 2.05) is 0 Å². The fourth-order valence-electron chi connectivity index (χ4n) is 2.27. The second-order valence-electron chi connectivity index (χ2n) is 4.90. The molecule has 0 aliphatic carbocycles. The monoisotopic (exact) mass is 332 g/mol. The van der Waals surface area contributed by atoms with E-state index < -0.39 is 0 Å². The van der Waals surface area contributed by atoms with E-state index in [1.54, 1.807) is 0 Å². The Balaban J connectivity index is 2.26. The van der Waals surface area contributed by atoms with Crippen molar-refractivity contribution >= 4 is 33.6 Å². The van der Waals surface area contributed by atoms with Crippen LogP contribution in [0, 0.1) is 20.8 Å². The van der Waals surface area contributed by atoms with Crippen LogP contribution in [0.25, 0.3) is 0 Å². The summed E-state index contributed by atoms with van der Waals surface area (Å²) >= 11 is 3.74. The van der Waals surface area contributed by atoms with E-state index in [2.05, 4.69) is 79.2 Å². The van der Waals surface area contributed by atoms with Gasteiger partial charge in [-0.3, -0.25) is 0 Å². The van der Waals surface area contributed by atoms with Crippen LogP contribution in [0.1, 0.15) is 22.3 Å². The van der Waals surface area contributed by atoms with Gasteiger partial charge in [0.05, 0.1) is 0 Å². The van der Waals surface area contributed by atoms with E-state index in [9.17, 15) is 0 Å². The molecule has 0 saturated heterocycles. The third-order valence-corrected chi connectivity index (χ3v) is 5.20. The van der Waals surface area contributed by atoms with Gasteiger partial charge in [0.1, 0.15) is 0 Å². The minimum Gasteiger partial charge on any atom is -0.0622 e. The molecule has 0 heterocycles. The SMILES string of the molecule is Cc1cc(C)c(P=C(Br)Cc2ccccc2)c(C)c1. The third-order valence-electron chi connectivity index (χ3n) is 3.06. The lowest BCUT2D eigenvalue weighted by atomic mass is 10.1. The van der Waals surface area contributed by atoms with Gasteiger partial charge < -0.3 is 0 Å². The Morgan fingerprint density at radius 3 is 2.16 bits per heavy atom. The molecular weight excluding hydrogens is 315 g/mol. The van der Waals surface area contributed by atoms with Crippen molar-refractivity contribution in [3.8, 4) is 0 Å². The smallest absolute Gasteiger partial charge is 0.0272 e. The quantitative estimate of drug-likeness (QED) is 0.697. The highest BCUT2D eigenvalue weighted by atomic mass is 79.9. The topological polar surface area (TPSA) is 0 Å². The van der Waals surface area contributed by atoms with Crippen molar-refractivity contribution in [3.05, 3.63) is 64.7 Å². The number of benzene rings is 2. The average molecular weight is 333 g/mol. The van der Waals surface area contributed by atoms with Crippen molar-refractivity contribution in [1.29, 1.82) is 0 Å². The van der Waals surface area contributed by atoms with E-state index in [0.717, 1.165) is 6.42 Å². The molecule has 0 saturated carbocycles. The van der Waals surface area contributed by atoms with E-state index in [1.165, 1.54) is 40.0 Å². The van der Waals surface area contributed by atoms with Crippen molar-refractivity contribution in [1.82, 2.24) is 0 Å². The normalized spacial score (nSPS) is 11.7. The summed E-state index contributed by atoms with van der Waals surface area (Å²) < 4.78 is 1.31. The van der Waals surface area contributed by atoms with Gasteiger partial charge in [-0.1, -0.05) is 56.2 Å². The van der Waals surface area contributed by atoms with E-state index in [-0.39, 0.29) is 0 Å². The second-order valence-corrected chi connectivity index (χ2v) is 7.68. The molecule has 0 spiro atoms. The minimum absolute atomic E-state index is 0.981. The number of hydrogen-bond donors (Lipinski definition) is 0. The minimum atomic E-state index is 0.981. The molecule has 2 aromatic rings. The van der Waals surface area contributed by atoms with Crippen molar-refractivity contribution < 1.29 is 0 Å². The summed E-state index contributed by atoms with van der Waals surface area (Å²) in [5.41, 5.74) is 5.45. The molecule has 0 nitrogen and oxygen atoms in total. The average Bonchev–Trinajstić information content (AvgIpc) is 2.35. The van der Waals surface area contributed by atoms with Crippen LogP contribution >= 0.6 is 24.1 Å². The lowest BCUT2D eigenvalue weighted by Gasteiger charge is -2.08. The molecule has 0 radical (unpaired) electrons. The summed E-state index contributed by atoms with van der Waals surface area (Å²) in [6.07, 6.45) is 0.981. The second kappa shape index (κ2) is 6.50. The van der Waals surface area contributed by atoms with Crippen LogP contribution in [0.4, 0.5) is 0 Å². The van der Waals surface area contributed by atoms with Crippen molar-refractivity contribution in [3.63, 3.8) is 0 Å². The first kappa shape index (κ1) is 14.5. The molecule has 0 aliphatic rings. The van der Waals surface area contributed by atoms with Crippen LogP contribution in [-0.2, 0) is 6.42 Å². The molecule has 2 rings (SSSR count). The number of aryl methyl sites for hydroxylation is 3. The van der Waals surface area contributed by atoms with Gasteiger partial charge in [-0.15, -0.1) is 0 Å². The Morgan fingerprint density at radius 1 is 1.00 bits per heavy atom. The molecule has 0 bridgehead atoms. The molecule has 0 unspecified atom stereocenters.